The van der Waals surface area contributed by atoms with Crippen molar-refractivity contribution in [2.24, 2.45) is 0 Å². The standard InChI is InChI=1S/C28H28F3N5O7S/c1-15(2)43-19-9-17(26(37)41-4)8-18(11-19)35-24-20-7-6-16(21-12-33-27(42-5)36-25(21)40-3)10-22(20)32-13-23(24)44(38,39)34-14-28(29,30)31/h6-13,15,34H,14H2,1-5H3,(H,32,35). The lowest BCUT2D eigenvalue weighted by Crippen LogP contribution is -2.34. The van der Waals surface area contributed by atoms with Gasteiger partial charge in [-0.3, -0.25) is 4.98 Å². The molecule has 0 aliphatic rings. The lowest BCUT2D eigenvalue weighted by atomic mass is 10.0. The molecule has 0 saturated carbocycles. The fourth-order valence-corrected chi connectivity index (χ4v) is 5.25. The Morgan fingerprint density at radius 3 is 2.39 bits per heavy atom. The summed E-state index contributed by atoms with van der Waals surface area (Å²) < 4.78 is 87.8. The summed E-state index contributed by atoms with van der Waals surface area (Å²) in [5, 5.41) is 3.18. The van der Waals surface area contributed by atoms with E-state index in [1.165, 1.54) is 51.8 Å². The van der Waals surface area contributed by atoms with Crippen LogP contribution in [0.4, 0.5) is 24.5 Å². The fraction of sp³-hybridized carbons (Fsp3) is 0.286. The summed E-state index contributed by atoms with van der Waals surface area (Å²) in [6.07, 6.45) is -2.68. The Balaban J connectivity index is 1.91. The third-order valence-electron chi connectivity index (χ3n) is 5.97. The molecule has 2 heterocycles. The SMILES string of the molecule is COC(=O)c1cc(Nc2c(S(=O)(=O)NCC(F)(F)F)cnc3cc(-c4cnc(OC)nc4OC)ccc23)cc(OC(C)C)c1. The number of halogens is 3. The maximum absolute atomic E-state index is 13.2. The molecule has 0 atom stereocenters. The Bertz CT molecular complexity index is 1800. The average Bonchev–Trinajstić information content (AvgIpc) is 2.98. The van der Waals surface area contributed by atoms with E-state index in [2.05, 4.69) is 20.3 Å². The summed E-state index contributed by atoms with van der Waals surface area (Å²) >= 11 is 0. The quantitative estimate of drug-likeness (QED) is 0.217. The monoisotopic (exact) mass is 635 g/mol. The van der Waals surface area contributed by atoms with E-state index in [1.54, 1.807) is 30.7 Å². The third-order valence-corrected chi connectivity index (χ3v) is 7.39. The van der Waals surface area contributed by atoms with Gasteiger partial charge in [-0.2, -0.15) is 18.2 Å². The van der Waals surface area contributed by atoms with Crippen LogP contribution in [0.25, 0.3) is 22.0 Å². The van der Waals surface area contributed by atoms with Crippen molar-refractivity contribution in [3.63, 3.8) is 0 Å². The van der Waals surface area contributed by atoms with E-state index in [9.17, 15) is 26.4 Å². The van der Waals surface area contributed by atoms with Crippen LogP contribution in [0.15, 0.2) is 53.7 Å². The molecule has 234 valence electrons. The van der Waals surface area contributed by atoms with E-state index in [0.29, 0.717) is 11.1 Å². The van der Waals surface area contributed by atoms with Gasteiger partial charge >= 0.3 is 18.2 Å². The van der Waals surface area contributed by atoms with Gasteiger partial charge in [0.05, 0.1) is 49.8 Å². The second kappa shape index (κ2) is 12.9. The number of nitrogens with one attached hydrogen (secondary N) is 2. The minimum atomic E-state index is -4.81. The highest BCUT2D eigenvalue weighted by atomic mass is 32.2. The van der Waals surface area contributed by atoms with Crippen LogP contribution in [0.3, 0.4) is 0 Å². The Morgan fingerprint density at radius 1 is 1.00 bits per heavy atom. The van der Waals surface area contributed by atoms with Crippen molar-refractivity contribution in [2.75, 3.05) is 33.2 Å². The summed E-state index contributed by atoms with van der Waals surface area (Å²) in [6, 6.07) is 9.16. The molecule has 0 bridgehead atoms. The molecule has 0 unspecified atom stereocenters. The molecule has 0 fully saturated rings. The summed E-state index contributed by atoms with van der Waals surface area (Å²) in [4.78, 5) is 24.3. The lowest BCUT2D eigenvalue weighted by molar-refractivity contribution is -0.121. The first-order valence-corrected chi connectivity index (χ1v) is 14.3. The van der Waals surface area contributed by atoms with Gasteiger partial charge in [0.1, 0.15) is 17.2 Å². The van der Waals surface area contributed by atoms with Crippen LogP contribution in [-0.2, 0) is 14.8 Å². The number of hydrogen-bond donors (Lipinski definition) is 2. The molecule has 12 nitrogen and oxygen atoms in total. The van der Waals surface area contributed by atoms with Crippen LogP contribution in [-0.4, -0.2) is 69.5 Å². The van der Waals surface area contributed by atoms with Crippen molar-refractivity contribution in [1.29, 1.82) is 0 Å². The molecule has 0 aliphatic carbocycles. The molecule has 2 N–H and O–H groups in total. The number of carbonyl (C=O) groups is 1. The summed E-state index contributed by atoms with van der Waals surface area (Å²) in [5.74, 6) is -0.235. The predicted octanol–water partition coefficient (Wildman–Crippen LogP) is 4.87. The van der Waals surface area contributed by atoms with Gasteiger partial charge in [0.15, 0.2) is 0 Å². The van der Waals surface area contributed by atoms with Gasteiger partial charge in [-0.1, -0.05) is 12.1 Å². The van der Waals surface area contributed by atoms with E-state index in [-0.39, 0.29) is 51.6 Å². The van der Waals surface area contributed by atoms with Gasteiger partial charge in [0.25, 0.3) is 0 Å². The minimum absolute atomic E-state index is 0.0761. The molecule has 0 amide bonds. The maximum atomic E-state index is 13.2. The van der Waals surface area contributed by atoms with E-state index in [1.807, 2.05) is 0 Å². The number of sulfonamides is 1. The van der Waals surface area contributed by atoms with E-state index in [0.717, 1.165) is 6.20 Å². The normalized spacial score (nSPS) is 11.8. The lowest BCUT2D eigenvalue weighted by Gasteiger charge is -2.18. The first-order chi connectivity index (χ1) is 20.7. The highest BCUT2D eigenvalue weighted by Crippen LogP contribution is 2.37. The molecule has 0 saturated heterocycles. The zero-order valence-corrected chi connectivity index (χ0v) is 25.0. The summed E-state index contributed by atoms with van der Waals surface area (Å²) in [5.41, 5.74) is 1.45. The topological polar surface area (TPSA) is 151 Å². The summed E-state index contributed by atoms with van der Waals surface area (Å²) in [6.45, 7) is 1.74. The van der Waals surface area contributed by atoms with Crippen LogP contribution in [0.5, 0.6) is 17.6 Å². The largest absolute Gasteiger partial charge is 0.491 e. The second-order valence-corrected chi connectivity index (χ2v) is 11.2. The molecule has 2 aromatic heterocycles. The van der Waals surface area contributed by atoms with Crippen LogP contribution < -0.4 is 24.2 Å². The van der Waals surface area contributed by atoms with Crippen molar-refractivity contribution in [3.8, 4) is 28.8 Å². The number of pyridine rings is 1. The number of hydrogen-bond acceptors (Lipinski definition) is 11. The van der Waals surface area contributed by atoms with Crippen molar-refractivity contribution in [1.82, 2.24) is 19.7 Å². The molecule has 0 radical (unpaired) electrons. The first-order valence-electron chi connectivity index (χ1n) is 12.9. The molecular formula is C28H28F3N5O7S. The number of methoxy groups -OCH3 is 3. The second-order valence-electron chi connectivity index (χ2n) is 9.48. The molecular weight excluding hydrogens is 607 g/mol. The predicted molar refractivity (Wildman–Crippen MR) is 154 cm³/mol. The van der Waals surface area contributed by atoms with Gasteiger partial charge in [0, 0.05) is 29.5 Å². The van der Waals surface area contributed by atoms with E-state index >= 15 is 0 Å². The number of rotatable bonds is 11. The average molecular weight is 636 g/mol. The van der Waals surface area contributed by atoms with Gasteiger partial charge in [-0.05, 0) is 37.6 Å². The highest BCUT2D eigenvalue weighted by Gasteiger charge is 2.32. The number of carbonyl (C=O) groups excluding carboxylic acids is 1. The maximum Gasteiger partial charge on any atom is 0.402 e. The Labute approximate surface area is 250 Å². The number of nitrogens with zero attached hydrogens (tertiary/aromatic N) is 3. The van der Waals surface area contributed by atoms with Crippen molar-refractivity contribution < 1.29 is 45.3 Å². The highest BCUT2D eigenvalue weighted by molar-refractivity contribution is 7.89. The molecule has 4 rings (SSSR count). The van der Waals surface area contributed by atoms with Gasteiger partial charge in [0.2, 0.25) is 15.9 Å². The molecule has 0 spiro atoms. The van der Waals surface area contributed by atoms with Crippen LogP contribution in [0.2, 0.25) is 0 Å². The third kappa shape index (κ3) is 7.44. The number of aromatic nitrogens is 3. The number of alkyl halides is 3. The first kappa shape index (κ1) is 32.2. The van der Waals surface area contributed by atoms with Crippen LogP contribution in [0, 0.1) is 0 Å². The van der Waals surface area contributed by atoms with Crippen molar-refractivity contribution in [2.45, 2.75) is 31.0 Å². The van der Waals surface area contributed by atoms with Crippen molar-refractivity contribution in [3.05, 3.63) is 54.4 Å². The van der Waals surface area contributed by atoms with Gasteiger partial charge in [-0.15, -0.1) is 0 Å². The van der Waals surface area contributed by atoms with E-state index in [4.69, 9.17) is 18.9 Å². The Kier molecular flexibility index (Phi) is 9.44. The summed E-state index contributed by atoms with van der Waals surface area (Å²) in [7, 11) is -0.741. The fourth-order valence-electron chi connectivity index (χ4n) is 4.12. The van der Waals surface area contributed by atoms with Gasteiger partial charge < -0.3 is 24.3 Å². The minimum Gasteiger partial charge on any atom is -0.491 e. The smallest absolute Gasteiger partial charge is 0.402 e. The van der Waals surface area contributed by atoms with Crippen LogP contribution in [0.1, 0.15) is 24.2 Å². The number of esters is 1. The molecule has 44 heavy (non-hydrogen) atoms. The molecule has 2 aromatic carbocycles. The van der Waals surface area contributed by atoms with E-state index < -0.39 is 33.6 Å². The number of fused-ring (bicyclic) bond motifs is 1. The van der Waals surface area contributed by atoms with Crippen LogP contribution >= 0.6 is 0 Å². The Hall–Kier alpha value is -4.70. The number of anilines is 2. The number of benzene rings is 2. The van der Waals surface area contributed by atoms with Crippen molar-refractivity contribution >= 4 is 38.3 Å². The molecule has 4 aromatic rings. The zero-order chi connectivity index (χ0) is 32.2. The molecule has 0 aliphatic heterocycles. The zero-order valence-electron chi connectivity index (χ0n) is 24.1. The Morgan fingerprint density at radius 2 is 1.75 bits per heavy atom. The number of ether oxygens (including phenoxy) is 4. The van der Waals surface area contributed by atoms with Gasteiger partial charge in [-0.25, -0.2) is 22.9 Å². The molecule has 16 heteroatoms.